The van der Waals surface area contributed by atoms with E-state index in [1.54, 1.807) is 19.4 Å². The highest BCUT2D eigenvalue weighted by molar-refractivity contribution is 5.98. The highest BCUT2D eigenvalue weighted by Gasteiger charge is 2.19. The molecule has 0 radical (unpaired) electrons. The van der Waals surface area contributed by atoms with Crippen molar-refractivity contribution in [2.24, 2.45) is 0 Å². The van der Waals surface area contributed by atoms with E-state index in [-0.39, 0.29) is 6.61 Å². The molecule has 27 heavy (non-hydrogen) atoms. The fourth-order valence-corrected chi connectivity index (χ4v) is 2.27. The van der Waals surface area contributed by atoms with Gasteiger partial charge in [-0.3, -0.25) is 0 Å². The van der Waals surface area contributed by atoms with Gasteiger partial charge in [0, 0.05) is 45.7 Å². The van der Waals surface area contributed by atoms with Crippen LogP contribution in [0.5, 0.6) is 0 Å². The molecule has 0 spiro atoms. The molecule has 0 unspecified atom stereocenters. The van der Waals surface area contributed by atoms with Crippen molar-refractivity contribution in [3.8, 4) is 0 Å². The van der Waals surface area contributed by atoms with Gasteiger partial charge in [0.1, 0.15) is 11.6 Å². The molecule has 3 N–H and O–H groups in total. The van der Waals surface area contributed by atoms with Crippen molar-refractivity contribution in [3.63, 3.8) is 0 Å². The van der Waals surface area contributed by atoms with Gasteiger partial charge in [-0.05, 0) is 37.1 Å². The highest BCUT2D eigenvalue weighted by atomic mass is 19.1. The smallest absolute Gasteiger partial charge is 0.327 e. The van der Waals surface area contributed by atoms with Crippen LogP contribution in [0.25, 0.3) is 0 Å². The molecule has 0 bridgehead atoms. The molecular weight excluding hydrogens is 353 g/mol. The van der Waals surface area contributed by atoms with Crippen molar-refractivity contribution in [3.05, 3.63) is 42.3 Å². The van der Waals surface area contributed by atoms with Crippen molar-refractivity contribution in [2.75, 3.05) is 43.6 Å². The molecule has 1 aromatic carbocycles. The Kier molecular flexibility index (Phi) is 8.40. The average molecular weight is 377 g/mol. The number of ether oxygens (including phenoxy) is 1. The molecule has 9 heteroatoms. The van der Waals surface area contributed by atoms with Crippen LogP contribution in [0.15, 0.2) is 36.5 Å². The number of nitrogens with one attached hydrogen (secondary N) is 2. The van der Waals surface area contributed by atoms with Crippen LogP contribution in [0.1, 0.15) is 12.8 Å². The summed E-state index contributed by atoms with van der Waals surface area (Å²) in [4.78, 5) is 22.5. The number of carbonyl (C=O) groups excluding carboxylic acids is 1. The van der Waals surface area contributed by atoms with Gasteiger partial charge in [0.25, 0.3) is 0 Å². The summed E-state index contributed by atoms with van der Waals surface area (Å²) in [6.45, 7) is 1.51. The summed E-state index contributed by atoms with van der Waals surface area (Å²) in [5.74, 6) is 0.314. The lowest BCUT2D eigenvalue weighted by atomic mass is 10.3. The summed E-state index contributed by atoms with van der Waals surface area (Å²) in [6.07, 6.45) is 2.75. The van der Waals surface area contributed by atoms with Crippen LogP contribution in [0.3, 0.4) is 0 Å². The van der Waals surface area contributed by atoms with Crippen molar-refractivity contribution >= 4 is 23.5 Å². The van der Waals surface area contributed by atoms with Crippen molar-refractivity contribution in [1.82, 2.24) is 15.3 Å². The maximum Gasteiger partial charge on any atom is 0.327 e. The van der Waals surface area contributed by atoms with Gasteiger partial charge in [-0.15, -0.1) is 0 Å². The Balaban J connectivity index is 2.21. The van der Waals surface area contributed by atoms with E-state index in [1.807, 2.05) is 0 Å². The monoisotopic (exact) mass is 377 g/mol. The van der Waals surface area contributed by atoms with Crippen LogP contribution >= 0.6 is 0 Å². The van der Waals surface area contributed by atoms with E-state index in [9.17, 15) is 9.18 Å². The first-order valence-corrected chi connectivity index (χ1v) is 8.66. The lowest BCUT2D eigenvalue weighted by molar-refractivity contribution is 0.197. The van der Waals surface area contributed by atoms with Gasteiger partial charge in [-0.2, -0.15) is 4.98 Å². The Bertz CT molecular complexity index is 714. The number of halogens is 1. The number of aromatic nitrogens is 2. The topological polar surface area (TPSA) is 99.6 Å². The van der Waals surface area contributed by atoms with E-state index in [0.717, 1.165) is 6.42 Å². The van der Waals surface area contributed by atoms with E-state index in [2.05, 4.69) is 20.6 Å². The molecular formula is C18H24FN5O3. The number of anilines is 3. The van der Waals surface area contributed by atoms with Gasteiger partial charge in [-0.1, -0.05) is 0 Å². The maximum absolute atomic E-state index is 13.3. The largest absolute Gasteiger partial charge is 0.396 e. The van der Waals surface area contributed by atoms with E-state index < -0.39 is 11.8 Å². The highest BCUT2D eigenvalue weighted by Crippen LogP contribution is 2.24. The quantitative estimate of drug-likeness (QED) is 0.550. The van der Waals surface area contributed by atoms with Crippen LogP contribution in [-0.2, 0) is 4.74 Å². The minimum atomic E-state index is -0.431. The first-order valence-electron chi connectivity index (χ1n) is 8.66. The van der Waals surface area contributed by atoms with Crippen molar-refractivity contribution in [2.45, 2.75) is 12.8 Å². The van der Waals surface area contributed by atoms with Gasteiger partial charge < -0.3 is 20.5 Å². The minimum absolute atomic E-state index is 0.0279. The number of urea groups is 1. The third-order valence-corrected chi connectivity index (χ3v) is 3.58. The van der Waals surface area contributed by atoms with Crippen LogP contribution in [-0.4, -0.2) is 54.5 Å². The molecule has 146 valence electrons. The fourth-order valence-electron chi connectivity index (χ4n) is 2.27. The van der Waals surface area contributed by atoms with Gasteiger partial charge in [0.15, 0.2) is 0 Å². The summed E-state index contributed by atoms with van der Waals surface area (Å²) >= 11 is 0. The number of aliphatic hydroxyl groups excluding tert-OH is 1. The molecule has 2 rings (SSSR count). The van der Waals surface area contributed by atoms with E-state index in [4.69, 9.17) is 9.84 Å². The molecule has 2 amide bonds. The lowest BCUT2D eigenvalue weighted by Crippen LogP contribution is -2.38. The molecule has 0 aliphatic heterocycles. The van der Waals surface area contributed by atoms with E-state index in [0.29, 0.717) is 43.6 Å². The molecule has 0 saturated heterocycles. The lowest BCUT2D eigenvalue weighted by Gasteiger charge is -2.22. The number of nitrogens with zero attached hydrogens (tertiary/aromatic N) is 3. The molecule has 1 heterocycles. The Hall–Kier alpha value is -2.78. The predicted octanol–water partition coefficient (Wildman–Crippen LogP) is 2.29. The summed E-state index contributed by atoms with van der Waals surface area (Å²) in [7, 11) is 1.63. The normalized spacial score (nSPS) is 10.5. The summed E-state index contributed by atoms with van der Waals surface area (Å²) < 4.78 is 18.3. The zero-order valence-corrected chi connectivity index (χ0v) is 15.2. The fraction of sp³-hybridized carbons (Fsp3) is 0.389. The van der Waals surface area contributed by atoms with Crippen LogP contribution < -0.4 is 15.5 Å². The van der Waals surface area contributed by atoms with Crippen LogP contribution in [0.2, 0.25) is 0 Å². The number of aliphatic hydroxyl groups is 1. The zero-order chi connectivity index (χ0) is 19.5. The molecule has 1 aromatic heterocycles. The van der Waals surface area contributed by atoms with E-state index >= 15 is 0 Å². The standard InChI is InChI=1S/C18H24FN5O3/c1-27-13-3-10-20-17-21-11-8-16(23-17)24(18(26)22-9-2-12-25)15-6-4-14(19)5-7-15/h4-8,11,25H,2-3,9-10,12-13H2,1H3,(H,22,26)(H,20,21,23). The van der Waals surface area contributed by atoms with E-state index in [1.165, 1.54) is 29.2 Å². The van der Waals surface area contributed by atoms with Crippen LogP contribution in [0.4, 0.5) is 26.6 Å². The van der Waals surface area contributed by atoms with Gasteiger partial charge in [0.05, 0.1) is 5.69 Å². The number of carbonyl (C=O) groups is 1. The third-order valence-electron chi connectivity index (χ3n) is 3.58. The SMILES string of the molecule is COCCCNc1nccc(N(C(=O)NCCCO)c2ccc(F)cc2)n1. The van der Waals surface area contributed by atoms with Gasteiger partial charge in [0.2, 0.25) is 5.95 Å². The summed E-state index contributed by atoms with van der Waals surface area (Å²) in [6, 6.07) is 6.70. The summed E-state index contributed by atoms with van der Waals surface area (Å²) in [5.41, 5.74) is 0.460. The van der Waals surface area contributed by atoms with Gasteiger partial charge >= 0.3 is 6.03 Å². The first-order chi connectivity index (χ1) is 13.2. The van der Waals surface area contributed by atoms with Crippen LogP contribution in [0, 0.1) is 5.82 Å². The Morgan fingerprint density at radius 1 is 1.22 bits per heavy atom. The number of hydrogen-bond acceptors (Lipinski definition) is 6. The molecule has 0 fully saturated rings. The molecule has 0 atom stereocenters. The molecule has 0 aliphatic carbocycles. The number of hydrogen-bond donors (Lipinski definition) is 3. The minimum Gasteiger partial charge on any atom is -0.396 e. The second-order valence-corrected chi connectivity index (χ2v) is 5.63. The Morgan fingerprint density at radius 3 is 2.70 bits per heavy atom. The number of benzene rings is 1. The predicted molar refractivity (Wildman–Crippen MR) is 101 cm³/mol. The third kappa shape index (κ3) is 6.46. The van der Waals surface area contributed by atoms with Crippen molar-refractivity contribution < 1.29 is 19.0 Å². The first kappa shape index (κ1) is 20.5. The molecule has 2 aromatic rings. The second kappa shape index (κ2) is 11.0. The summed E-state index contributed by atoms with van der Waals surface area (Å²) in [5, 5.41) is 14.7. The molecule has 8 nitrogen and oxygen atoms in total. The maximum atomic E-state index is 13.3. The number of amides is 2. The molecule has 0 saturated carbocycles. The van der Waals surface area contributed by atoms with Crippen molar-refractivity contribution in [1.29, 1.82) is 0 Å². The Morgan fingerprint density at radius 2 is 2.00 bits per heavy atom. The second-order valence-electron chi connectivity index (χ2n) is 5.63. The zero-order valence-electron chi connectivity index (χ0n) is 15.2. The molecule has 0 aliphatic rings. The van der Waals surface area contributed by atoms with Gasteiger partial charge in [-0.25, -0.2) is 19.1 Å². The number of methoxy groups -OCH3 is 1. The number of rotatable bonds is 10. The average Bonchev–Trinajstić information content (AvgIpc) is 2.68. The Labute approximate surface area is 157 Å².